The average Bonchev–Trinajstić information content (AvgIpc) is 3.35. The molecule has 0 radical (unpaired) electrons. The predicted octanol–water partition coefficient (Wildman–Crippen LogP) is 3.43. The molecule has 0 atom stereocenters. The number of unbranched alkanes of at least 4 members (excludes halogenated alkanes) is 1. The van der Waals surface area contributed by atoms with Crippen molar-refractivity contribution in [2.24, 2.45) is 11.5 Å². The molecule has 12 heteroatoms. The molecular formula is C28H30N6O6. The zero-order chi connectivity index (χ0) is 28.9. The second-order valence-corrected chi connectivity index (χ2v) is 8.37. The normalized spacial score (nSPS) is 10.5. The fourth-order valence-corrected chi connectivity index (χ4v) is 3.54. The lowest BCUT2D eigenvalue weighted by Gasteiger charge is -2.08. The molecule has 2 aromatic heterocycles. The van der Waals surface area contributed by atoms with Gasteiger partial charge in [-0.3, -0.25) is 14.4 Å². The number of nitrogens with two attached hydrogens (primary N) is 2. The number of ether oxygens (including phenoxy) is 2. The van der Waals surface area contributed by atoms with Crippen LogP contribution in [0.1, 0.15) is 25.1 Å². The van der Waals surface area contributed by atoms with Gasteiger partial charge in [0, 0.05) is 12.6 Å². The van der Waals surface area contributed by atoms with Crippen molar-refractivity contribution in [1.82, 2.24) is 14.5 Å². The topological polar surface area (TPSA) is 184 Å². The molecule has 4 rings (SSSR count). The summed E-state index contributed by atoms with van der Waals surface area (Å²) >= 11 is 0. The Balaban J connectivity index is 0.000000810. The number of para-hydroxylation sites is 2. The number of aromatic nitrogens is 3. The number of primary amides is 2. The number of fused-ring (bicyclic) bond motifs is 1. The van der Waals surface area contributed by atoms with Crippen molar-refractivity contribution in [3.8, 4) is 11.5 Å². The van der Waals surface area contributed by atoms with E-state index in [0.717, 1.165) is 5.52 Å². The summed E-state index contributed by atoms with van der Waals surface area (Å²) in [7, 11) is 1.22. The molecule has 0 aliphatic heterocycles. The van der Waals surface area contributed by atoms with Gasteiger partial charge in [-0.15, -0.1) is 0 Å². The van der Waals surface area contributed by atoms with Crippen LogP contribution in [0.4, 0.5) is 10.5 Å². The first-order chi connectivity index (χ1) is 19.3. The number of benzene rings is 2. The number of hydrogen-bond donors (Lipinski definition) is 4. The molecule has 0 fully saturated rings. The number of methoxy groups -OCH3 is 1. The van der Waals surface area contributed by atoms with Gasteiger partial charge in [-0.2, -0.15) is 0 Å². The number of carbonyl (C=O) groups is 3. The Morgan fingerprint density at radius 2 is 1.80 bits per heavy atom. The Bertz CT molecular complexity index is 1540. The highest BCUT2D eigenvalue weighted by Gasteiger charge is 2.12. The number of H-pyrrole nitrogens is 1. The van der Waals surface area contributed by atoms with Crippen molar-refractivity contribution >= 4 is 34.6 Å². The molecule has 2 aromatic carbocycles. The van der Waals surface area contributed by atoms with E-state index in [-0.39, 0.29) is 30.1 Å². The number of aromatic amines is 1. The summed E-state index contributed by atoms with van der Waals surface area (Å²) in [5.41, 5.74) is 10.8. The van der Waals surface area contributed by atoms with Crippen molar-refractivity contribution in [2.75, 3.05) is 12.4 Å². The molecular weight excluding hydrogens is 516 g/mol. The van der Waals surface area contributed by atoms with Crippen LogP contribution in [0.3, 0.4) is 0 Å². The van der Waals surface area contributed by atoms with E-state index in [9.17, 15) is 19.2 Å². The summed E-state index contributed by atoms with van der Waals surface area (Å²) in [5, 5.41) is 2.66. The molecule has 0 saturated heterocycles. The summed E-state index contributed by atoms with van der Waals surface area (Å²) in [5.74, 6) is 1.08. The zero-order valence-electron chi connectivity index (χ0n) is 21.8. The van der Waals surface area contributed by atoms with Gasteiger partial charge in [0.05, 0.1) is 19.2 Å². The minimum Gasteiger partial charge on any atom is -0.455 e. The number of nitrogens with zero attached hydrogens (tertiary/aromatic N) is 2. The lowest BCUT2D eigenvalue weighted by Crippen LogP contribution is -2.26. The Morgan fingerprint density at radius 3 is 2.50 bits per heavy atom. The number of pyridine rings is 1. The number of anilines is 1. The van der Waals surface area contributed by atoms with Gasteiger partial charge >= 0.3 is 6.09 Å². The van der Waals surface area contributed by atoms with Crippen molar-refractivity contribution in [3.05, 3.63) is 95.2 Å². The van der Waals surface area contributed by atoms with Crippen LogP contribution in [-0.2, 0) is 20.9 Å². The predicted molar refractivity (Wildman–Crippen MR) is 150 cm³/mol. The largest absolute Gasteiger partial charge is 0.455 e. The molecule has 208 valence electrons. The standard InChI is InChI=1S/C26H25N5O4.C2H5NO2/c27-22(32)14-5-2-6-15-24(33)29-20-12-8-16-31(26(20)34)17-23-28-19-11-7-13-21(25(19)30-23)35-18-9-3-1-4-10-18;1-5-2(3)4/h1,3-5,7-14,16H,2,6,15,17H2,(H2,27,32)(H,28,30)(H,29,33);1H3,(H2,3,4)/b14-5+;. The molecule has 6 N–H and O–H groups in total. The van der Waals surface area contributed by atoms with E-state index >= 15 is 0 Å². The molecule has 0 spiro atoms. The van der Waals surface area contributed by atoms with Crippen LogP contribution in [0.15, 0.2) is 83.8 Å². The molecule has 0 aliphatic carbocycles. The molecule has 4 aromatic rings. The van der Waals surface area contributed by atoms with Crippen molar-refractivity contribution in [3.63, 3.8) is 0 Å². The number of allylic oxidation sites excluding steroid dienone is 1. The van der Waals surface area contributed by atoms with E-state index < -0.39 is 12.0 Å². The van der Waals surface area contributed by atoms with Crippen molar-refractivity contribution in [1.29, 1.82) is 0 Å². The lowest BCUT2D eigenvalue weighted by molar-refractivity contribution is -0.116. The van der Waals surface area contributed by atoms with Gasteiger partial charge in [0.15, 0.2) is 5.75 Å². The Kier molecular flexibility index (Phi) is 10.6. The summed E-state index contributed by atoms with van der Waals surface area (Å²) in [4.78, 5) is 53.1. The molecule has 2 heterocycles. The van der Waals surface area contributed by atoms with Gasteiger partial charge in [-0.1, -0.05) is 30.3 Å². The van der Waals surface area contributed by atoms with Gasteiger partial charge in [-0.25, -0.2) is 9.78 Å². The monoisotopic (exact) mass is 546 g/mol. The number of nitrogens with one attached hydrogen (secondary N) is 2. The molecule has 0 bridgehead atoms. The summed E-state index contributed by atoms with van der Waals surface area (Å²) < 4.78 is 11.3. The van der Waals surface area contributed by atoms with Crippen LogP contribution < -0.4 is 27.1 Å². The zero-order valence-corrected chi connectivity index (χ0v) is 21.8. The van der Waals surface area contributed by atoms with Crippen LogP contribution >= 0.6 is 0 Å². The highest BCUT2D eigenvalue weighted by Crippen LogP contribution is 2.28. The van der Waals surface area contributed by atoms with Crippen molar-refractivity contribution < 1.29 is 23.9 Å². The van der Waals surface area contributed by atoms with Gasteiger partial charge in [0.2, 0.25) is 11.8 Å². The average molecular weight is 547 g/mol. The first-order valence-electron chi connectivity index (χ1n) is 12.3. The van der Waals surface area contributed by atoms with Crippen LogP contribution in [0.2, 0.25) is 0 Å². The maximum Gasteiger partial charge on any atom is 0.404 e. The second kappa shape index (κ2) is 14.5. The van der Waals surface area contributed by atoms with Gasteiger partial charge < -0.3 is 35.8 Å². The lowest BCUT2D eigenvalue weighted by atomic mass is 10.2. The van der Waals surface area contributed by atoms with E-state index in [1.54, 1.807) is 24.4 Å². The number of rotatable bonds is 10. The fourth-order valence-electron chi connectivity index (χ4n) is 3.54. The molecule has 0 unspecified atom stereocenters. The Labute approximate surface area is 229 Å². The number of carbonyl (C=O) groups excluding carboxylic acids is 3. The van der Waals surface area contributed by atoms with Crippen molar-refractivity contribution in [2.45, 2.75) is 25.8 Å². The van der Waals surface area contributed by atoms with Gasteiger partial charge in [0.25, 0.3) is 5.56 Å². The van der Waals surface area contributed by atoms with E-state index in [1.165, 1.54) is 17.8 Å². The second-order valence-electron chi connectivity index (χ2n) is 8.37. The minimum atomic E-state index is -0.745. The van der Waals surface area contributed by atoms with E-state index in [2.05, 4.69) is 25.8 Å². The maximum atomic E-state index is 12.9. The summed E-state index contributed by atoms with van der Waals surface area (Å²) in [6.45, 7) is 0.194. The van der Waals surface area contributed by atoms with E-state index in [4.69, 9.17) is 10.5 Å². The quantitative estimate of drug-likeness (QED) is 0.173. The van der Waals surface area contributed by atoms with E-state index in [1.807, 2.05) is 48.5 Å². The molecule has 3 amide bonds. The Morgan fingerprint density at radius 1 is 1.05 bits per heavy atom. The third-order valence-corrected chi connectivity index (χ3v) is 5.37. The highest BCUT2D eigenvalue weighted by molar-refractivity contribution is 5.90. The minimum absolute atomic E-state index is 0.189. The maximum absolute atomic E-state index is 12.9. The van der Waals surface area contributed by atoms with E-state index in [0.29, 0.717) is 35.7 Å². The fraction of sp³-hybridized carbons (Fsp3) is 0.179. The number of amides is 3. The SMILES string of the molecule is COC(N)=O.NC(=O)/C=C/CCCC(=O)Nc1cccn(Cc2nc3c(Oc4ccccc4)cccc3[nH]2)c1=O. The molecule has 0 saturated carbocycles. The number of hydrogen-bond acceptors (Lipinski definition) is 7. The number of imidazole rings is 1. The van der Waals surface area contributed by atoms with Crippen LogP contribution in [0.5, 0.6) is 11.5 Å². The van der Waals surface area contributed by atoms with Gasteiger partial charge in [-0.05, 0) is 55.3 Å². The smallest absolute Gasteiger partial charge is 0.404 e. The molecule has 12 nitrogen and oxygen atoms in total. The summed E-state index contributed by atoms with van der Waals surface area (Å²) in [6.07, 6.45) is 5.06. The van der Waals surface area contributed by atoms with Crippen LogP contribution in [-0.4, -0.2) is 39.6 Å². The third kappa shape index (κ3) is 8.87. The first-order valence-corrected chi connectivity index (χ1v) is 12.3. The van der Waals surface area contributed by atoms with Gasteiger partial charge in [0.1, 0.15) is 22.8 Å². The Hall–Kier alpha value is -5.39. The van der Waals surface area contributed by atoms with Crippen LogP contribution in [0.25, 0.3) is 11.0 Å². The molecule has 40 heavy (non-hydrogen) atoms. The third-order valence-electron chi connectivity index (χ3n) is 5.37. The highest BCUT2D eigenvalue weighted by atomic mass is 16.5. The summed E-state index contributed by atoms with van der Waals surface area (Å²) in [6, 6.07) is 18.3. The first kappa shape index (κ1) is 29.2. The van der Waals surface area contributed by atoms with Crippen LogP contribution in [0, 0.1) is 0 Å². The molecule has 0 aliphatic rings.